The van der Waals surface area contributed by atoms with Crippen LogP contribution >= 0.6 is 31.9 Å². The topological polar surface area (TPSA) is 34.1 Å². The summed E-state index contributed by atoms with van der Waals surface area (Å²) in [4.78, 5) is 24.2. The third-order valence-corrected chi connectivity index (χ3v) is 3.44. The van der Waals surface area contributed by atoms with Crippen molar-refractivity contribution in [1.82, 2.24) is 0 Å². The molecule has 0 spiro atoms. The molecule has 1 aromatic carbocycles. The van der Waals surface area contributed by atoms with E-state index in [9.17, 15) is 9.59 Å². The third-order valence-electron chi connectivity index (χ3n) is 2.68. The predicted octanol–water partition coefficient (Wildman–Crippen LogP) is 4.44. The number of ketones is 2. The van der Waals surface area contributed by atoms with Crippen molar-refractivity contribution in [1.29, 1.82) is 0 Å². The summed E-state index contributed by atoms with van der Waals surface area (Å²) < 4.78 is 1.71. The maximum atomic E-state index is 12.2. The average molecular weight is 370 g/mol. The van der Waals surface area contributed by atoms with Gasteiger partial charge in [-0.1, -0.05) is 44.0 Å². The van der Waals surface area contributed by atoms with Gasteiger partial charge < -0.3 is 0 Å². The number of fused-ring (bicyclic) bond motifs is 1. The van der Waals surface area contributed by atoms with E-state index in [1.807, 2.05) is 6.92 Å². The summed E-state index contributed by atoms with van der Waals surface area (Å²) in [5.74, 6) is -0.0834. The van der Waals surface area contributed by atoms with E-state index in [0.29, 0.717) is 16.7 Å². The van der Waals surface area contributed by atoms with Crippen LogP contribution in [0.25, 0.3) is 0 Å². The normalized spacial score (nSPS) is 18.2. The van der Waals surface area contributed by atoms with Gasteiger partial charge in [-0.25, -0.2) is 0 Å². The molecule has 2 nitrogen and oxygen atoms in total. The smallest absolute Gasteiger partial charge is 0.190 e. The Hall–Kier alpha value is -1.00. The van der Waals surface area contributed by atoms with Gasteiger partial charge in [0.15, 0.2) is 11.6 Å². The van der Waals surface area contributed by atoms with Crippen LogP contribution in [0.3, 0.4) is 0 Å². The van der Waals surface area contributed by atoms with E-state index in [-0.39, 0.29) is 18.0 Å². The molecule has 2 rings (SSSR count). The Labute approximate surface area is 122 Å². The standard InChI is InChI=1S/C14H10Br2O2/c1-8(15)2-3-9-6-13(17)11-5-4-10(16)7-12(11)14(9)18/h2-5,7H,6H2,1H3/b8-2+,9-3+. The zero-order valence-electron chi connectivity index (χ0n) is 9.67. The van der Waals surface area contributed by atoms with Crippen LogP contribution in [0.4, 0.5) is 0 Å². The second-order valence-electron chi connectivity index (χ2n) is 4.06. The van der Waals surface area contributed by atoms with Crippen molar-refractivity contribution in [3.05, 3.63) is 56.0 Å². The van der Waals surface area contributed by atoms with Crippen LogP contribution < -0.4 is 0 Å². The van der Waals surface area contributed by atoms with E-state index < -0.39 is 0 Å². The van der Waals surface area contributed by atoms with Gasteiger partial charge in [0.2, 0.25) is 0 Å². The minimum atomic E-state index is -0.0732. The Balaban J connectivity index is 2.51. The Morgan fingerprint density at radius 1 is 1.28 bits per heavy atom. The fraction of sp³-hybridized carbons (Fsp3) is 0.143. The first kappa shape index (κ1) is 13.4. The van der Waals surface area contributed by atoms with E-state index >= 15 is 0 Å². The zero-order valence-corrected chi connectivity index (χ0v) is 12.8. The summed E-state index contributed by atoms with van der Waals surface area (Å²) in [6.07, 6.45) is 3.65. The van der Waals surface area contributed by atoms with Crippen molar-refractivity contribution >= 4 is 43.4 Å². The van der Waals surface area contributed by atoms with Crippen molar-refractivity contribution in [2.45, 2.75) is 13.3 Å². The lowest BCUT2D eigenvalue weighted by molar-refractivity contribution is 0.0935. The molecule has 0 amide bonds. The fourth-order valence-electron chi connectivity index (χ4n) is 1.82. The molecule has 1 aromatic rings. The number of benzene rings is 1. The van der Waals surface area contributed by atoms with Gasteiger partial charge >= 0.3 is 0 Å². The van der Waals surface area contributed by atoms with E-state index in [4.69, 9.17) is 0 Å². The molecule has 0 aliphatic heterocycles. The minimum absolute atomic E-state index is 0.0102. The molecular weight excluding hydrogens is 360 g/mol. The van der Waals surface area contributed by atoms with Gasteiger partial charge in [-0.3, -0.25) is 9.59 Å². The summed E-state index contributed by atoms with van der Waals surface area (Å²) >= 11 is 6.61. The Bertz CT molecular complexity index is 594. The summed E-state index contributed by atoms with van der Waals surface area (Å²) in [5, 5.41) is 0. The molecule has 18 heavy (non-hydrogen) atoms. The van der Waals surface area contributed by atoms with Gasteiger partial charge in [-0.05, 0) is 29.6 Å². The molecular formula is C14H10Br2O2. The maximum absolute atomic E-state index is 12.2. The molecule has 0 bridgehead atoms. The first-order valence-electron chi connectivity index (χ1n) is 5.39. The van der Waals surface area contributed by atoms with Crippen LogP contribution in [0.2, 0.25) is 0 Å². The molecule has 0 unspecified atom stereocenters. The molecule has 0 N–H and O–H groups in total. The van der Waals surface area contributed by atoms with Crippen LogP contribution in [0.15, 0.2) is 44.9 Å². The number of hydrogen-bond donors (Lipinski definition) is 0. The lowest BCUT2D eigenvalue weighted by Crippen LogP contribution is -2.19. The highest BCUT2D eigenvalue weighted by molar-refractivity contribution is 9.11. The Morgan fingerprint density at radius 3 is 2.67 bits per heavy atom. The van der Waals surface area contributed by atoms with Gasteiger partial charge in [-0.2, -0.15) is 0 Å². The predicted molar refractivity (Wildman–Crippen MR) is 78.2 cm³/mol. The van der Waals surface area contributed by atoms with E-state index in [1.165, 1.54) is 0 Å². The third kappa shape index (κ3) is 2.70. The molecule has 0 aromatic heterocycles. The lowest BCUT2D eigenvalue weighted by atomic mass is 9.86. The molecule has 0 fully saturated rings. The lowest BCUT2D eigenvalue weighted by Gasteiger charge is -2.16. The fourth-order valence-corrected chi connectivity index (χ4v) is 2.31. The van der Waals surface area contributed by atoms with Crippen molar-refractivity contribution in [3.63, 3.8) is 0 Å². The minimum Gasteiger partial charge on any atom is -0.294 e. The maximum Gasteiger partial charge on any atom is 0.190 e. The van der Waals surface area contributed by atoms with Crippen molar-refractivity contribution in [2.75, 3.05) is 0 Å². The molecule has 92 valence electrons. The highest BCUT2D eigenvalue weighted by Crippen LogP contribution is 2.28. The number of halogens is 2. The Morgan fingerprint density at radius 2 is 2.00 bits per heavy atom. The van der Waals surface area contributed by atoms with Crippen LogP contribution in [-0.4, -0.2) is 11.6 Å². The summed E-state index contributed by atoms with van der Waals surface area (Å²) in [6.45, 7) is 1.87. The Kier molecular flexibility index (Phi) is 3.97. The monoisotopic (exact) mass is 368 g/mol. The summed E-state index contributed by atoms with van der Waals surface area (Å²) in [6, 6.07) is 5.18. The van der Waals surface area contributed by atoms with Gasteiger partial charge in [0.1, 0.15) is 0 Å². The molecule has 0 atom stereocenters. The van der Waals surface area contributed by atoms with E-state index in [0.717, 1.165) is 8.96 Å². The average Bonchev–Trinajstić information content (AvgIpc) is 2.31. The number of hydrogen-bond acceptors (Lipinski definition) is 2. The molecule has 0 heterocycles. The molecule has 0 saturated heterocycles. The second-order valence-corrected chi connectivity index (χ2v) is 6.23. The van der Waals surface area contributed by atoms with Gasteiger partial charge in [0.25, 0.3) is 0 Å². The first-order valence-corrected chi connectivity index (χ1v) is 6.98. The van der Waals surface area contributed by atoms with Gasteiger partial charge in [-0.15, -0.1) is 0 Å². The van der Waals surface area contributed by atoms with Crippen LogP contribution in [0.1, 0.15) is 34.1 Å². The number of allylic oxidation sites excluding steroid dienone is 4. The quantitative estimate of drug-likeness (QED) is 0.685. The van der Waals surface area contributed by atoms with Crippen LogP contribution in [0.5, 0.6) is 0 Å². The number of carbonyl (C=O) groups excluding carboxylic acids is 2. The number of rotatable bonds is 1. The summed E-state index contributed by atoms with van der Waals surface area (Å²) in [7, 11) is 0. The van der Waals surface area contributed by atoms with Gasteiger partial charge in [0.05, 0.1) is 0 Å². The zero-order chi connectivity index (χ0) is 13.3. The summed E-state index contributed by atoms with van der Waals surface area (Å²) in [5.41, 5.74) is 1.52. The first-order chi connectivity index (χ1) is 8.49. The molecule has 1 aliphatic rings. The van der Waals surface area contributed by atoms with Crippen molar-refractivity contribution in [3.8, 4) is 0 Å². The van der Waals surface area contributed by atoms with Crippen molar-refractivity contribution < 1.29 is 9.59 Å². The SMILES string of the molecule is C/C(Br)=C\C=C1/CC(=O)c2ccc(Br)cc2C1=O. The van der Waals surface area contributed by atoms with E-state index in [1.54, 1.807) is 30.4 Å². The van der Waals surface area contributed by atoms with Crippen molar-refractivity contribution in [2.24, 2.45) is 0 Å². The van der Waals surface area contributed by atoms with Crippen LogP contribution in [0, 0.1) is 0 Å². The number of carbonyl (C=O) groups is 2. The molecule has 0 saturated carbocycles. The van der Waals surface area contributed by atoms with E-state index in [2.05, 4.69) is 31.9 Å². The molecule has 4 heteroatoms. The molecule has 1 aliphatic carbocycles. The number of Topliss-reactive ketones (excluding diaryl/α,β-unsaturated/α-hetero) is 2. The largest absolute Gasteiger partial charge is 0.294 e. The van der Waals surface area contributed by atoms with Gasteiger partial charge in [0, 0.05) is 27.6 Å². The molecule has 0 radical (unpaired) electrons. The highest BCUT2D eigenvalue weighted by atomic mass is 79.9. The van der Waals surface area contributed by atoms with Crippen LogP contribution in [-0.2, 0) is 0 Å². The highest BCUT2D eigenvalue weighted by Gasteiger charge is 2.27. The second kappa shape index (κ2) is 5.33.